The van der Waals surface area contributed by atoms with E-state index in [9.17, 15) is 0 Å². The summed E-state index contributed by atoms with van der Waals surface area (Å²) in [5.41, 5.74) is 10.1. The maximum Gasteiger partial charge on any atom is 0.178 e. The molecule has 0 spiro atoms. The molecular weight excluding hydrogens is 615 g/mol. The van der Waals surface area contributed by atoms with Gasteiger partial charge in [0.25, 0.3) is 0 Å². The van der Waals surface area contributed by atoms with Gasteiger partial charge in [-0.3, -0.25) is 0 Å². The summed E-state index contributed by atoms with van der Waals surface area (Å²) in [5.74, 6) is 2.00. The van der Waals surface area contributed by atoms with Gasteiger partial charge in [0.05, 0.1) is 0 Å². The third-order valence-electron chi connectivity index (χ3n) is 10.3. The van der Waals surface area contributed by atoms with Crippen molar-refractivity contribution in [3.8, 4) is 33.9 Å². The lowest BCUT2D eigenvalue weighted by molar-refractivity contribution is 0.633. The number of rotatable bonds is 3. The Bertz CT molecular complexity index is 2980. The predicted octanol–water partition coefficient (Wildman–Crippen LogP) is 11.5. The highest BCUT2D eigenvalue weighted by Crippen LogP contribution is 2.46. The summed E-state index contributed by atoms with van der Waals surface area (Å²) in [6, 6.07) is 50.6. The van der Waals surface area contributed by atoms with E-state index in [1.165, 1.54) is 33.0 Å². The average molecular weight is 642 g/mol. The summed E-state index contributed by atoms with van der Waals surface area (Å²) in [7, 11) is 0. The first kappa shape index (κ1) is 27.4. The number of hydrogen-bond donors (Lipinski definition) is 0. The topological polar surface area (TPSA) is 65.0 Å². The highest BCUT2D eigenvalue weighted by atomic mass is 16.4. The highest BCUT2D eigenvalue weighted by Gasteiger charge is 2.31. The fraction of sp³-hybridized carbons (Fsp3) is 0.0444. The Hall–Kier alpha value is -6.59. The van der Waals surface area contributed by atoms with Gasteiger partial charge in [0, 0.05) is 38.6 Å². The van der Waals surface area contributed by atoms with Crippen LogP contribution >= 0.6 is 0 Å². The van der Waals surface area contributed by atoms with E-state index >= 15 is 0 Å². The lowest BCUT2D eigenvalue weighted by atomic mass is 9.76. The van der Waals surface area contributed by atoms with Gasteiger partial charge < -0.3 is 8.83 Å². The Morgan fingerprint density at radius 3 is 2.00 bits per heavy atom. The zero-order chi connectivity index (χ0) is 32.8. The minimum Gasteiger partial charge on any atom is -0.452 e. The molecule has 234 valence electrons. The third-order valence-corrected chi connectivity index (χ3v) is 10.3. The summed E-state index contributed by atoms with van der Waals surface area (Å²) in [4.78, 5) is 15.7. The smallest absolute Gasteiger partial charge is 0.178 e. The molecule has 0 amide bonds. The maximum atomic E-state index is 6.46. The number of furan rings is 2. The first-order valence-corrected chi connectivity index (χ1v) is 16.9. The van der Waals surface area contributed by atoms with Crippen molar-refractivity contribution >= 4 is 54.6 Å². The average Bonchev–Trinajstić information content (AvgIpc) is 3.76. The van der Waals surface area contributed by atoms with Crippen LogP contribution in [0.4, 0.5) is 0 Å². The standard InChI is InChI=1S/C45H27N3O2/c1-2-11-27(12-3-1)43-46-44(29-19-23-39-36(25-29)35-22-21-34-32-16-8-9-17-38(32)49-41(34)42(35)50-39)48-45(47-43)37-24-28-13-5-6-14-30(28)33-20-18-26-10-4-7-15-31(26)40(33)37/h1-23,25,37H,24H2. The quantitative estimate of drug-likeness (QED) is 0.192. The van der Waals surface area contributed by atoms with Gasteiger partial charge in [0.2, 0.25) is 0 Å². The molecule has 7 aromatic carbocycles. The van der Waals surface area contributed by atoms with Crippen LogP contribution < -0.4 is 0 Å². The summed E-state index contributed by atoms with van der Waals surface area (Å²) < 4.78 is 12.8. The Balaban J connectivity index is 1.13. The van der Waals surface area contributed by atoms with Crippen LogP contribution in [-0.4, -0.2) is 15.0 Å². The van der Waals surface area contributed by atoms with E-state index < -0.39 is 0 Å². The van der Waals surface area contributed by atoms with Crippen LogP contribution in [0.3, 0.4) is 0 Å². The Morgan fingerprint density at radius 1 is 0.460 bits per heavy atom. The summed E-state index contributed by atoms with van der Waals surface area (Å²) in [6.45, 7) is 0. The molecule has 50 heavy (non-hydrogen) atoms. The first-order valence-electron chi connectivity index (χ1n) is 16.9. The second-order valence-electron chi connectivity index (χ2n) is 13.1. The predicted molar refractivity (Wildman–Crippen MR) is 200 cm³/mol. The van der Waals surface area contributed by atoms with Crippen molar-refractivity contribution in [3.05, 3.63) is 163 Å². The molecule has 1 unspecified atom stereocenters. The minimum absolute atomic E-state index is 0.0601. The summed E-state index contributed by atoms with van der Waals surface area (Å²) in [5, 5.41) is 6.56. The zero-order valence-electron chi connectivity index (χ0n) is 26.8. The third kappa shape index (κ3) is 4.04. The van der Waals surface area contributed by atoms with Crippen LogP contribution in [0.15, 0.2) is 154 Å². The van der Waals surface area contributed by atoms with Crippen molar-refractivity contribution in [1.82, 2.24) is 15.0 Å². The molecule has 3 heterocycles. The molecule has 10 aromatic rings. The molecule has 0 saturated carbocycles. The number of para-hydroxylation sites is 1. The normalized spacial score (nSPS) is 14.1. The van der Waals surface area contributed by atoms with Crippen LogP contribution in [0.25, 0.3) is 88.6 Å². The summed E-state index contributed by atoms with van der Waals surface area (Å²) in [6.07, 6.45) is 0.799. The molecule has 1 atom stereocenters. The number of nitrogens with zero attached hydrogens (tertiary/aromatic N) is 3. The molecule has 0 bridgehead atoms. The number of fused-ring (bicyclic) bond motifs is 12. The van der Waals surface area contributed by atoms with Gasteiger partial charge in [-0.2, -0.15) is 0 Å². The van der Waals surface area contributed by atoms with Crippen LogP contribution in [0, 0.1) is 0 Å². The van der Waals surface area contributed by atoms with Crippen LogP contribution in [0.1, 0.15) is 22.9 Å². The zero-order valence-corrected chi connectivity index (χ0v) is 26.8. The summed E-state index contributed by atoms with van der Waals surface area (Å²) >= 11 is 0. The van der Waals surface area contributed by atoms with E-state index in [-0.39, 0.29) is 5.92 Å². The highest BCUT2D eigenvalue weighted by molar-refractivity contribution is 6.19. The van der Waals surface area contributed by atoms with Crippen molar-refractivity contribution in [3.63, 3.8) is 0 Å². The van der Waals surface area contributed by atoms with Crippen molar-refractivity contribution in [2.45, 2.75) is 12.3 Å². The molecule has 1 aliphatic carbocycles. The molecule has 11 rings (SSSR count). The van der Waals surface area contributed by atoms with Gasteiger partial charge in [0.15, 0.2) is 22.8 Å². The molecule has 3 aromatic heterocycles. The van der Waals surface area contributed by atoms with E-state index in [0.717, 1.165) is 67.2 Å². The van der Waals surface area contributed by atoms with Gasteiger partial charge in [-0.05, 0) is 75.8 Å². The largest absolute Gasteiger partial charge is 0.452 e. The molecule has 5 heteroatoms. The van der Waals surface area contributed by atoms with E-state index in [1.54, 1.807) is 0 Å². The van der Waals surface area contributed by atoms with Crippen LogP contribution in [0.2, 0.25) is 0 Å². The van der Waals surface area contributed by atoms with Crippen molar-refractivity contribution in [2.75, 3.05) is 0 Å². The monoisotopic (exact) mass is 641 g/mol. The molecule has 0 aliphatic heterocycles. The maximum absolute atomic E-state index is 6.46. The van der Waals surface area contributed by atoms with Crippen LogP contribution in [-0.2, 0) is 6.42 Å². The second-order valence-corrected chi connectivity index (χ2v) is 13.1. The van der Waals surface area contributed by atoms with Gasteiger partial charge in [0.1, 0.15) is 17.0 Å². The van der Waals surface area contributed by atoms with E-state index in [0.29, 0.717) is 11.6 Å². The van der Waals surface area contributed by atoms with E-state index in [2.05, 4.69) is 97.1 Å². The van der Waals surface area contributed by atoms with Gasteiger partial charge >= 0.3 is 0 Å². The molecule has 5 nitrogen and oxygen atoms in total. The number of hydrogen-bond acceptors (Lipinski definition) is 5. The van der Waals surface area contributed by atoms with Crippen LogP contribution in [0.5, 0.6) is 0 Å². The lowest BCUT2D eigenvalue weighted by Gasteiger charge is -2.29. The molecule has 0 fully saturated rings. The lowest BCUT2D eigenvalue weighted by Crippen LogP contribution is -2.17. The van der Waals surface area contributed by atoms with E-state index in [1.807, 2.05) is 48.5 Å². The second kappa shape index (κ2) is 10.5. The molecule has 0 N–H and O–H groups in total. The fourth-order valence-electron chi connectivity index (χ4n) is 7.96. The minimum atomic E-state index is -0.0601. The van der Waals surface area contributed by atoms with Crippen molar-refractivity contribution < 1.29 is 8.83 Å². The van der Waals surface area contributed by atoms with E-state index in [4.69, 9.17) is 23.8 Å². The Kier molecular flexibility index (Phi) is 5.72. The molecular formula is C45H27N3O2. The van der Waals surface area contributed by atoms with Gasteiger partial charge in [-0.1, -0.05) is 109 Å². The molecule has 0 radical (unpaired) electrons. The molecule has 1 aliphatic rings. The Morgan fingerprint density at radius 2 is 1.14 bits per heavy atom. The Labute approximate surface area is 286 Å². The first-order chi connectivity index (χ1) is 24.8. The van der Waals surface area contributed by atoms with Gasteiger partial charge in [-0.15, -0.1) is 0 Å². The molecule has 0 saturated heterocycles. The van der Waals surface area contributed by atoms with Crippen molar-refractivity contribution in [2.24, 2.45) is 0 Å². The van der Waals surface area contributed by atoms with Gasteiger partial charge in [-0.25, -0.2) is 15.0 Å². The van der Waals surface area contributed by atoms with Crippen molar-refractivity contribution in [1.29, 1.82) is 0 Å². The number of benzene rings is 7. The SMILES string of the molecule is c1ccc(-c2nc(-c3ccc4oc5c(ccc6c7ccccc7oc65)c4c3)nc(C3Cc4ccccc4-c4ccc5ccccc5c43)n2)cc1. The fourth-order valence-corrected chi connectivity index (χ4v) is 7.96. The number of aromatic nitrogens is 3.